The molecule has 5 heteroatoms. The van der Waals surface area contributed by atoms with Gasteiger partial charge in [0.15, 0.2) is 0 Å². The first-order valence-corrected chi connectivity index (χ1v) is 9.34. The van der Waals surface area contributed by atoms with Crippen LogP contribution < -0.4 is 5.32 Å². The van der Waals surface area contributed by atoms with Crippen LogP contribution in [0.4, 0.5) is 11.5 Å². The minimum Gasteiger partial charge on any atom is -0.340 e. The zero-order valence-electron chi connectivity index (χ0n) is 13.7. The Bertz CT molecular complexity index is 1020. The Balaban J connectivity index is 1.81. The SMILES string of the molecule is CCc1cccc(Nc2ncnc3scc(-c4ccc(Cl)cc4)c23)c1. The Kier molecular flexibility index (Phi) is 4.38. The van der Waals surface area contributed by atoms with E-state index in [0.29, 0.717) is 0 Å². The van der Waals surface area contributed by atoms with Crippen molar-refractivity contribution >= 4 is 44.7 Å². The summed E-state index contributed by atoms with van der Waals surface area (Å²) < 4.78 is 0. The largest absolute Gasteiger partial charge is 0.340 e. The van der Waals surface area contributed by atoms with Gasteiger partial charge in [-0.15, -0.1) is 11.3 Å². The number of nitrogens with zero attached hydrogens (tertiary/aromatic N) is 2. The highest BCUT2D eigenvalue weighted by molar-refractivity contribution is 7.17. The number of fused-ring (bicyclic) bond motifs is 1. The predicted octanol–water partition coefficient (Wildman–Crippen LogP) is 6.32. The molecule has 0 radical (unpaired) electrons. The van der Waals surface area contributed by atoms with Gasteiger partial charge in [0.2, 0.25) is 0 Å². The minimum absolute atomic E-state index is 0.731. The van der Waals surface area contributed by atoms with Crippen molar-refractivity contribution in [2.24, 2.45) is 0 Å². The number of thiophene rings is 1. The molecule has 1 N–H and O–H groups in total. The first-order chi connectivity index (χ1) is 12.2. The van der Waals surface area contributed by atoms with Gasteiger partial charge >= 0.3 is 0 Å². The second-order valence-corrected chi connectivity index (χ2v) is 7.03. The summed E-state index contributed by atoms with van der Waals surface area (Å²) in [5, 5.41) is 7.35. The van der Waals surface area contributed by atoms with Crippen LogP contribution in [0.2, 0.25) is 5.02 Å². The van der Waals surface area contributed by atoms with Gasteiger partial charge in [0, 0.05) is 21.7 Å². The lowest BCUT2D eigenvalue weighted by Crippen LogP contribution is -1.96. The quantitative estimate of drug-likeness (QED) is 0.460. The summed E-state index contributed by atoms with van der Waals surface area (Å²) in [4.78, 5) is 9.88. The number of halogens is 1. The fraction of sp³-hybridized carbons (Fsp3) is 0.100. The van der Waals surface area contributed by atoms with Gasteiger partial charge < -0.3 is 5.32 Å². The fourth-order valence-electron chi connectivity index (χ4n) is 2.82. The lowest BCUT2D eigenvalue weighted by molar-refractivity contribution is 1.14. The maximum atomic E-state index is 6.02. The summed E-state index contributed by atoms with van der Waals surface area (Å²) >= 11 is 7.65. The van der Waals surface area contributed by atoms with Gasteiger partial charge in [0.25, 0.3) is 0 Å². The molecule has 0 aliphatic carbocycles. The van der Waals surface area contributed by atoms with Crippen molar-refractivity contribution in [1.82, 2.24) is 9.97 Å². The van der Waals surface area contributed by atoms with E-state index in [1.165, 1.54) is 5.56 Å². The zero-order valence-corrected chi connectivity index (χ0v) is 15.2. The Morgan fingerprint density at radius 1 is 1.08 bits per heavy atom. The minimum atomic E-state index is 0.731. The molecule has 0 aliphatic rings. The van der Waals surface area contributed by atoms with Crippen LogP contribution in [-0.2, 0) is 6.42 Å². The number of benzene rings is 2. The second kappa shape index (κ2) is 6.82. The van der Waals surface area contributed by atoms with E-state index >= 15 is 0 Å². The molecule has 2 aromatic heterocycles. The third-order valence-corrected chi connectivity index (χ3v) is 5.26. The average Bonchev–Trinajstić information content (AvgIpc) is 3.08. The summed E-state index contributed by atoms with van der Waals surface area (Å²) in [5.74, 6) is 0.824. The molecular formula is C20H16ClN3S. The molecule has 0 fully saturated rings. The summed E-state index contributed by atoms with van der Waals surface area (Å²) in [6.07, 6.45) is 2.61. The van der Waals surface area contributed by atoms with Crippen molar-refractivity contribution < 1.29 is 0 Å². The second-order valence-electron chi connectivity index (χ2n) is 5.74. The molecule has 0 amide bonds. The van der Waals surface area contributed by atoms with Gasteiger partial charge in [0.05, 0.1) is 5.39 Å². The van der Waals surface area contributed by atoms with E-state index in [-0.39, 0.29) is 0 Å². The predicted molar refractivity (Wildman–Crippen MR) is 107 cm³/mol. The number of hydrogen-bond acceptors (Lipinski definition) is 4. The van der Waals surface area contributed by atoms with Gasteiger partial charge in [-0.2, -0.15) is 0 Å². The van der Waals surface area contributed by atoms with Crippen molar-refractivity contribution in [1.29, 1.82) is 0 Å². The van der Waals surface area contributed by atoms with Crippen LogP contribution in [0.25, 0.3) is 21.3 Å². The first-order valence-electron chi connectivity index (χ1n) is 8.08. The molecule has 3 nitrogen and oxygen atoms in total. The van der Waals surface area contributed by atoms with Crippen LogP contribution in [-0.4, -0.2) is 9.97 Å². The van der Waals surface area contributed by atoms with Crippen LogP contribution >= 0.6 is 22.9 Å². The molecule has 0 saturated carbocycles. The smallest absolute Gasteiger partial charge is 0.143 e. The molecule has 0 spiro atoms. The van der Waals surface area contributed by atoms with Crippen molar-refractivity contribution in [3.05, 3.63) is 70.8 Å². The first kappa shape index (κ1) is 16.1. The highest BCUT2D eigenvalue weighted by Gasteiger charge is 2.13. The molecule has 4 aromatic rings. The average molecular weight is 366 g/mol. The van der Waals surface area contributed by atoms with Gasteiger partial charge in [-0.25, -0.2) is 9.97 Å². The van der Waals surface area contributed by atoms with Crippen LogP contribution in [0.5, 0.6) is 0 Å². The highest BCUT2D eigenvalue weighted by Crippen LogP contribution is 2.37. The van der Waals surface area contributed by atoms with E-state index in [2.05, 4.69) is 51.9 Å². The van der Waals surface area contributed by atoms with E-state index in [9.17, 15) is 0 Å². The Morgan fingerprint density at radius 2 is 1.92 bits per heavy atom. The lowest BCUT2D eigenvalue weighted by atomic mass is 10.1. The summed E-state index contributed by atoms with van der Waals surface area (Å²) in [6, 6.07) is 16.3. The van der Waals surface area contributed by atoms with Gasteiger partial charge in [-0.05, 0) is 41.8 Å². The number of hydrogen-bond donors (Lipinski definition) is 1. The Morgan fingerprint density at radius 3 is 2.72 bits per heavy atom. The van der Waals surface area contributed by atoms with E-state index in [1.807, 2.05) is 24.3 Å². The van der Waals surface area contributed by atoms with Gasteiger partial charge in [-0.1, -0.05) is 42.8 Å². The summed E-state index contributed by atoms with van der Waals surface area (Å²) in [5.41, 5.74) is 4.55. The van der Waals surface area contributed by atoms with E-state index in [0.717, 1.165) is 44.3 Å². The van der Waals surface area contributed by atoms with Crippen molar-refractivity contribution in [3.63, 3.8) is 0 Å². The van der Waals surface area contributed by atoms with Crippen molar-refractivity contribution in [3.8, 4) is 11.1 Å². The maximum absolute atomic E-state index is 6.02. The van der Waals surface area contributed by atoms with Crippen molar-refractivity contribution in [2.75, 3.05) is 5.32 Å². The Hall–Kier alpha value is -2.43. The monoisotopic (exact) mass is 365 g/mol. The van der Waals surface area contributed by atoms with Crippen molar-refractivity contribution in [2.45, 2.75) is 13.3 Å². The number of aromatic nitrogens is 2. The Labute approximate surface area is 155 Å². The fourth-order valence-corrected chi connectivity index (χ4v) is 3.86. The molecule has 0 saturated heterocycles. The van der Waals surface area contributed by atoms with Crippen LogP contribution in [0.3, 0.4) is 0 Å². The molecule has 25 heavy (non-hydrogen) atoms. The topological polar surface area (TPSA) is 37.8 Å². The van der Waals surface area contributed by atoms with E-state index in [4.69, 9.17) is 11.6 Å². The molecule has 0 aliphatic heterocycles. The molecular weight excluding hydrogens is 350 g/mol. The molecule has 0 unspecified atom stereocenters. The standard InChI is InChI=1S/C20H16ClN3S/c1-2-13-4-3-5-16(10-13)24-19-18-17(11-25-20(18)23-12-22-19)14-6-8-15(21)9-7-14/h3-12H,2H2,1H3,(H,22,23,24). The van der Waals surface area contributed by atoms with E-state index in [1.54, 1.807) is 17.7 Å². The number of nitrogens with one attached hydrogen (secondary N) is 1. The molecule has 2 aromatic carbocycles. The van der Waals surface area contributed by atoms with Gasteiger partial charge in [-0.3, -0.25) is 0 Å². The van der Waals surface area contributed by atoms with Gasteiger partial charge in [0.1, 0.15) is 17.0 Å². The maximum Gasteiger partial charge on any atom is 0.143 e. The van der Waals surface area contributed by atoms with E-state index < -0.39 is 0 Å². The number of rotatable bonds is 4. The molecule has 4 rings (SSSR count). The summed E-state index contributed by atoms with van der Waals surface area (Å²) in [7, 11) is 0. The van der Waals surface area contributed by atoms with Crippen LogP contribution in [0, 0.1) is 0 Å². The molecule has 0 bridgehead atoms. The molecule has 2 heterocycles. The number of aryl methyl sites for hydroxylation is 1. The zero-order chi connectivity index (χ0) is 17.2. The third kappa shape index (κ3) is 3.23. The number of anilines is 2. The third-order valence-electron chi connectivity index (χ3n) is 4.12. The highest BCUT2D eigenvalue weighted by atomic mass is 35.5. The van der Waals surface area contributed by atoms with Crippen LogP contribution in [0.15, 0.2) is 60.2 Å². The lowest BCUT2D eigenvalue weighted by Gasteiger charge is -2.09. The molecule has 0 atom stereocenters. The summed E-state index contributed by atoms with van der Waals surface area (Å²) in [6.45, 7) is 2.15. The molecule has 124 valence electrons. The normalized spacial score (nSPS) is 11.0. The van der Waals surface area contributed by atoms with Crippen LogP contribution in [0.1, 0.15) is 12.5 Å².